The molecule has 1 fully saturated rings. The first-order chi connectivity index (χ1) is 17.2. The van der Waals surface area contributed by atoms with Crippen LogP contribution in [0.1, 0.15) is 35.2 Å². The van der Waals surface area contributed by atoms with Crippen molar-refractivity contribution in [1.82, 2.24) is 15.2 Å². The monoisotopic (exact) mass is 483 g/mol. The van der Waals surface area contributed by atoms with Crippen molar-refractivity contribution in [2.24, 2.45) is 0 Å². The highest BCUT2D eigenvalue weighted by Gasteiger charge is 2.27. The number of fused-ring (bicyclic) bond motifs is 1. The standard InChI is InChI=1S/C28H25N3O3S/c32-26(21-14-6-2-7-15-21)30-24(27(33)31-18-10-3-11-19-31)25(20-12-4-1-5-13-20)35-28-29-22-16-8-9-17-23(22)34-28/h1-2,4-9,12-17H,3,10-11,18-19H2,(H,30,32)/b25-24-. The first kappa shape index (κ1) is 22.9. The van der Waals surface area contributed by atoms with Crippen LogP contribution in [0.2, 0.25) is 0 Å². The summed E-state index contributed by atoms with van der Waals surface area (Å²) < 4.78 is 5.97. The van der Waals surface area contributed by atoms with Gasteiger partial charge in [-0.15, -0.1) is 0 Å². The van der Waals surface area contributed by atoms with Gasteiger partial charge in [0.15, 0.2) is 5.58 Å². The number of hydrogen-bond donors (Lipinski definition) is 1. The van der Waals surface area contributed by atoms with Gasteiger partial charge in [-0.1, -0.05) is 60.7 Å². The molecule has 7 heteroatoms. The molecule has 0 radical (unpaired) electrons. The van der Waals surface area contributed by atoms with Crippen LogP contribution in [-0.4, -0.2) is 34.8 Å². The molecule has 0 aliphatic carbocycles. The quantitative estimate of drug-likeness (QED) is 0.280. The third kappa shape index (κ3) is 5.30. The zero-order chi connectivity index (χ0) is 24.0. The summed E-state index contributed by atoms with van der Waals surface area (Å²) in [5.74, 6) is -0.533. The maximum absolute atomic E-state index is 13.8. The molecule has 0 saturated carbocycles. The van der Waals surface area contributed by atoms with Crippen LogP contribution in [0.25, 0.3) is 16.0 Å². The molecule has 5 rings (SSSR count). The third-order valence-corrected chi connectivity index (χ3v) is 6.85. The number of piperidine rings is 1. The molecule has 176 valence electrons. The Balaban J connectivity index is 1.61. The highest BCUT2D eigenvalue weighted by Crippen LogP contribution is 2.38. The Kier molecular flexibility index (Phi) is 6.95. The van der Waals surface area contributed by atoms with Gasteiger partial charge in [0.2, 0.25) is 0 Å². The van der Waals surface area contributed by atoms with E-state index < -0.39 is 0 Å². The van der Waals surface area contributed by atoms with E-state index in [-0.39, 0.29) is 17.5 Å². The topological polar surface area (TPSA) is 75.4 Å². The molecular formula is C28H25N3O3S. The van der Waals surface area contributed by atoms with Gasteiger partial charge in [0.1, 0.15) is 11.2 Å². The lowest BCUT2D eigenvalue weighted by atomic mass is 10.1. The Labute approximate surface area is 208 Å². The van der Waals surface area contributed by atoms with Crippen molar-refractivity contribution in [3.05, 3.63) is 102 Å². The number of likely N-dealkylation sites (tertiary alicyclic amines) is 1. The van der Waals surface area contributed by atoms with Gasteiger partial charge in [0.25, 0.3) is 17.0 Å². The number of para-hydroxylation sites is 2. The number of nitrogens with one attached hydrogen (secondary N) is 1. The van der Waals surface area contributed by atoms with E-state index in [1.807, 2.05) is 65.6 Å². The number of amides is 2. The van der Waals surface area contributed by atoms with Crippen molar-refractivity contribution in [2.45, 2.75) is 24.5 Å². The van der Waals surface area contributed by atoms with Crippen molar-refractivity contribution in [3.63, 3.8) is 0 Å². The highest BCUT2D eigenvalue weighted by atomic mass is 32.2. The molecule has 0 spiro atoms. The minimum Gasteiger partial charge on any atom is -0.431 e. The first-order valence-corrected chi connectivity index (χ1v) is 12.5. The lowest BCUT2D eigenvalue weighted by molar-refractivity contribution is -0.128. The van der Waals surface area contributed by atoms with Crippen molar-refractivity contribution in [1.29, 1.82) is 0 Å². The molecular weight excluding hydrogens is 458 g/mol. The summed E-state index contributed by atoms with van der Waals surface area (Å²) in [6.07, 6.45) is 3.00. The average Bonchev–Trinajstić information content (AvgIpc) is 3.34. The smallest absolute Gasteiger partial charge is 0.271 e. The van der Waals surface area contributed by atoms with E-state index in [2.05, 4.69) is 10.3 Å². The number of oxazole rings is 1. The summed E-state index contributed by atoms with van der Waals surface area (Å²) in [6, 6.07) is 26.0. The predicted molar refractivity (Wildman–Crippen MR) is 138 cm³/mol. The Morgan fingerprint density at radius 1 is 0.800 bits per heavy atom. The SMILES string of the molecule is O=C(N/C(C(=O)N1CCCCC1)=C(\Sc1nc2ccccc2o1)c1ccccc1)c1ccccc1. The van der Waals surface area contributed by atoms with Gasteiger partial charge in [-0.05, 0) is 60.9 Å². The van der Waals surface area contributed by atoms with Crippen LogP contribution in [-0.2, 0) is 4.79 Å². The largest absolute Gasteiger partial charge is 0.431 e. The molecule has 0 bridgehead atoms. The van der Waals surface area contributed by atoms with Gasteiger partial charge >= 0.3 is 0 Å². The van der Waals surface area contributed by atoms with E-state index in [1.54, 1.807) is 24.3 Å². The maximum atomic E-state index is 13.8. The van der Waals surface area contributed by atoms with E-state index in [1.165, 1.54) is 11.8 Å². The molecule has 1 aliphatic heterocycles. The van der Waals surface area contributed by atoms with Crippen molar-refractivity contribution >= 4 is 39.6 Å². The summed E-state index contributed by atoms with van der Waals surface area (Å²) >= 11 is 1.24. The molecule has 2 amide bonds. The minimum atomic E-state index is -0.336. The second kappa shape index (κ2) is 10.6. The third-order valence-electron chi connectivity index (χ3n) is 5.86. The Morgan fingerprint density at radius 2 is 1.43 bits per heavy atom. The Hall–Kier alpha value is -3.84. The summed E-state index contributed by atoms with van der Waals surface area (Å²) in [4.78, 5) is 34.0. The molecule has 4 aromatic rings. The van der Waals surface area contributed by atoms with Crippen molar-refractivity contribution in [2.75, 3.05) is 13.1 Å². The number of carbonyl (C=O) groups is 2. The van der Waals surface area contributed by atoms with E-state index >= 15 is 0 Å². The van der Waals surface area contributed by atoms with Crippen molar-refractivity contribution < 1.29 is 14.0 Å². The average molecular weight is 484 g/mol. The fraction of sp³-hybridized carbons (Fsp3) is 0.179. The van der Waals surface area contributed by atoms with Crippen LogP contribution in [0.15, 0.2) is 100 Å². The van der Waals surface area contributed by atoms with Crippen LogP contribution in [0.3, 0.4) is 0 Å². The van der Waals surface area contributed by atoms with Crippen molar-refractivity contribution in [3.8, 4) is 0 Å². The second-order valence-corrected chi connectivity index (χ2v) is 9.25. The van der Waals surface area contributed by atoms with Crippen LogP contribution in [0.5, 0.6) is 0 Å². The van der Waals surface area contributed by atoms with E-state index in [0.717, 1.165) is 30.3 Å². The molecule has 1 aromatic heterocycles. The van der Waals surface area contributed by atoms with Crippen LogP contribution in [0.4, 0.5) is 0 Å². The van der Waals surface area contributed by atoms with E-state index in [4.69, 9.17) is 4.42 Å². The fourth-order valence-corrected chi connectivity index (χ4v) is 5.01. The molecule has 0 unspecified atom stereocenters. The summed E-state index contributed by atoms with van der Waals surface area (Å²) in [7, 11) is 0. The molecule has 6 nitrogen and oxygen atoms in total. The Bertz CT molecular complexity index is 1330. The van der Waals surface area contributed by atoms with Crippen LogP contribution >= 0.6 is 11.8 Å². The number of benzene rings is 3. The predicted octanol–water partition coefficient (Wildman–Crippen LogP) is 5.73. The van der Waals surface area contributed by atoms with Crippen LogP contribution in [0, 0.1) is 0 Å². The first-order valence-electron chi connectivity index (χ1n) is 11.7. The normalized spacial score (nSPS) is 14.5. The number of nitrogens with zero attached hydrogens (tertiary/aromatic N) is 2. The van der Waals surface area contributed by atoms with Gasteiger partial charge in [-0.2, -0.15) is 0 Å². The molecule has 35 heavy (non-hydrogen) atoms. The maximum Gasteiger partial charge on any atom is 0.271 e. The zero-order valence-electron chi connectivity index (χ0n) is 19.1. The second-order valence-electron chi connectivity index (χ2n) is 8.29. The number of carbonyl (C=O) groups excluding carboxylic acids is 2. The molecule has 2 heterocycles. The van der Waals surface area contributed by atoms with Gasteiger partial charge in [-0.25, -0.2) is 4.98 Å². The van der Waals surface area contributed by atoms with Crippen LogP contribution < -0.4 is 5.32 Å². The lowest BCUT2D eigenvalue weighted by Crippen LogP contribution is -2.41. The lowest BCUT2D eigenvalue weighted by Gasteiger charge is -2.28. The highest BCUT2D eigenvalue weighted by molar-refractivity contribution is 8.08. The van der Waals surface area contributed by atoms with Gasteiger partial charge in [0.05, 0.1) is 4.91 Å². The summed E-state index contributed by atoms with van der Waals surface area (Å²) in [5, 5.41) is 3.35. The summed E-state index contributed by atoms with van der Waals surface area (Å²) in [6.45, 7) is 1.33. The number of aromatic nitrogens is 1. The minimum absolute atomic E-state index is 0.198. The number of hydrogen-bond acceptors (Lipinski definition) is 5. The van der Waals surface area contributed by atoms with Gasteiger partial charge < -0.3 is 14.6 Å². The number of thioether (sulfide) groups is 1. The number of rotatable bonds is 6. The molecule has 1 N–H and O–H groups in total. The van der Waals surface area contributed by atoms with E-state index in [9.17, 15) is 9.59 Å². The Morgan fingerprint density at radius 3 is 2.11 bits per heavy atom. The molecule has 3 aromatic carbocycles. The molecule has 1 saturated heterocycles. The summed E-state index contributed by atoms with van der Waals surface area (Å²) in [5.41, 5.74) is 2.92. The molecule has 0 atom stereocenters. The van der Waals surface area contributed by atoms with Gasteiger partial charge in [-0.3, -0.25) is 9.59 Å². The zero-order valence-corrected chi connectivity index (χ0v) is 20.0. The fourth-order valence-electron chi connectivity index (χ4n) is 4.06. The van der Waals surface area contributed by atoms with Gasteiger partial charge in [0, 0.05) is 18.7 Å². The molecule has 1 aliphatic rings. The van der Waals surface area contributed by atoms with E-state index in [0.29, 0.717) is 34.4 Å².